The van der Waals surface area contributed by atoms with Crippen molar-refractivity contribution in [3.63, 3.8) is 0 Å². The number of hydrogen-bond acceptors (Lipinski definition) is 8. The molecule has 10 nitrogen and oxygen atoms in total. The molecule has 0 saturated heterocycles. The smallest absolute Gasteiger partial charge is 0.378 e. The van der Waals surface area contributed by atoms with Gasteiger partial charge in [-0.25, -0.2) is 14.3 Å². The van der Waals surface area contributed by atoms with Gasteiger partial charge < -0.3 is 14.0 Å². The van der Waals surface area contributed by atoms with E-state index in [0.29, 0.717) is 24.9 Å². The largest absolute Gasteiger partial charge is 0.469 e. The Morgan fingerprint density at radius 2 is 1.90 bits per heavy atom. The molecule has 0 aliphatic heterocycles. The van der Waals surface area contributed by atoms with Crippen LogP contribution >= 0.6 is 0 Å². The number of esters is 2. The summed E-state index contributed by atoms with van der Waals surface area (Å²) in [6.45, 7) is 5.66. The van der Waals surface area contributed by atoms with Gasteiger partial charge in [0.2, 0.25) is 5.78 Å². The third kappa shape index (κ3) is 4.37. The molecule has 3 aromatic heterocycles. The third-order valence-corrected chi connectivity index (χ3v) is 4.81. The summed E-state index contributed by atoms with van der Waals surface area (Å²) in [7, 11) is 1.35. The van der Waals surface area contributed by atoms with Crippen LogP contribution in [0, 0.1) is 20.8 Å². The van der Waals surface area contributed by atoms with Gasteiger partial charge in [-0.1, -0.05) is 0 Å². The number of aryl methyl sites for hydroxylation is 2. The second-order valence-corrected chi connectivity index (χ2v) is 6.85. The van der Waals surface area contributed by atoms with Crippen LogP contribution in [0.5, 0.6) is 0 Å². The monoisotopic (exact) mass is 413 g/mol. The van der Waals surface area contributed by atoms with Gasteiger partial charge in [0.15, 0.2) is 6.61 Å². The Hall–Kier alpha value is -3.56. The van der Waals surface area contributed by atoms with Gasteiger partial charge in [0.1, 0.15) is 0 Å². The van der Waals surface area contributed by atoms with Crippen molar-refractivity contribution in [3.05, 3.63) is 46.8 Å². The minimum absolute atomic E-state index is 0.155. The number of ketones is 1. The van der Waals surface area contributed by atoms with E-state index in [1.54, 1.807) is 18.3 Å². The molecule has 158 valence electrons. The molecule has 0 bridgehead atoms. The molecule has 3 heterocycles. The highest BCUT2D eigenvalue weighted by atomic mass is 16.5. The third-order valence-electron chi connectivity index (χ3n) is 4.81. The number of hydrogen-bond donors (Lipinski definition) is 0. The number of methoxy groups -OCH3 is 1. The van der Waals surface area contributed by atoms with Crippen molar-refractivity contribution in [2.24, 2.45) is 0 Å². The van der Waals surface area contributed by atoms with Crippen LogP contribution in [0.2, 0.25) is 0 Å². The van der Waals surface area contributed by atoms with Crippen LogP contribution in [-0.4, -0.2) is 55.6 Å². The lowest BCUT2D eigenvalue weighted by Crippen LogP contribution is -2.16. The molecule has 0 N–H and O–H groups in total. The molecular formula is C20H23N5O5. The summed E-state index contributed by atoms with van der Waals surface area (Å²) < 4.78 is 13.1. The summed E-state index contributed by atoms with van der Waals surface area (Å²) in [4.78, 5) is 44.2. The molecule has 30 heavy (non-hydrogen) atoms. The van der Waals surface area contributed by atoms with Gasteiger partial charge >= 0.3 is 11.9 Å². The summed E-state index contributed by atoms with van der Waals surface area (Å²) >= 11 is 0. The highest BCUT2D eigenvalue weighted by molar-refractivity contribution is 6.00. The zero-order valence-electron chi connectivity index (χ0n) is 17.3. The van der Waals surface area contributed by atoms with Crippen LogP contribution in [0.3, 0.4) is 0 Å². The van der Waals surface area contributed by atoms with E-state index in [-0.39, 0.29) is 23.4 Å². The Morgan fingerprint density at radius 1 is 1.13 bits per heavy atom. The van der Waals surface area contributed by atoms with E-state index in [2.05, 4.69) is 19.8 Å². The van der Waals surface area contributed by atoms with Crippen LogP contribution in [-0.2, 0) is 20.8 Å². The van der Waals surface area contributed by atoms with Gasteiger partial charge in [-0.2, -0.15) is 4.98 Å². The van der Waals surface area contributed by atoms with E-state index in [4.69, 9.17) is 4.74 Å². The second-order valence-electron chi connectivity index (χ2n) is 6.85. The molecule has 10 heteroatoms. The lowest BCUT2D eigenvalue weighted by Gasteiger charge is -2.09. The predicted octanol–water partition coefficient (Wildman–Crippen LogP) is 1.84. The van der Waals surface area contributed by atoms with Crippen molar-refractivity contribution in [1.82, 2.24) is 24.1 Å². The van der Waals surface area contributed by atoms with Crippen LogP contribution in [0.15, 0.2) is 18.3 Å². The minimum Gasteiger partial charge on any atom is -0.469 e. The Balaban J connectivity index is 1.64. The molecule has 0 radical (unpaired) electrons. The fraction of sp³-hybridized carbons (Fsp3) is 0.400. The first-order valence-electron chi connectivity index (χ1n) is 9.44. The SMILES string of the molecule is COC(=O)CCCn1c(C)cc(C(=O)COC(=O)c2nc3nccc(C)n3n2)c1C. The maximum absolute atomic E-state index is 12.6. The number of rotatable bonds is 8. The lowest BCUT2D eigenvalue weighted by molar-refractivity contribution is -0.140. The molecule has 3 aromatic rings. The van der Waals surface area contributed by atoms with Crippen LogP contribution in [0.4, 0.5) is 0 Å². The Morgan fingerprint density at radius 3 is 2.60 bits per heavy atom. The normalized spacial score (nSPS) is 10.9. The zero-order chi connectivity index (χ0) is 21.8. The van der Waals surface area contributed by atoms with E-state index in [0.717, 1.165) is 17.1 Å². The number of nitrogens with zero attached hydrogens (tertiary/aromatic N) is 5. The fourth-order valence-electron chi connectivity index (χ4n) is 3.18. The van der Waals surface area contributed by atoms with Crippen molar-refractivity contribution in [1.29, 1.82) is 0 Å². The Bertz CT molecular complexity index is 1110. The van der Waals surface area contributed by atoms with Crippen LogP contribution < -0.4 is 0 Å². The topological polar surface area (TPSA) is 118 Å². The Kier molecular flexibility index (Phi) is 6.24. The molecule has 0 atom stereocenters. The molecule has 0 aromatic carbocycles. The molecule has 0 amide bonds. The molecular weight excluding hydrogens is 390 g/mol. The number of Topliss-reactive ketones (excluding diaryl/α,β-unsaturated/α-hetero) is 1. The summed E-state index contributed by atoms with van der Waals surface area (Å²) in [5.41, 5.74) is 2.88. The van der Waals surface area contributed by atoms with E-state index in [1.807, 2.05) is 25.3 Å². The molecule has 0 aliphatic carbocycles. The molecule has 0 spiro atoms. The van der Waals surface area contributed by atoms with E-state index in [9.17, 15) is 14.4 Å². The molecule has 3 rings (SSSR count). The van der Waals surface area contributed by atoms with Crippen molar-refractivity contribution < 1.29 is 23.9 Å². The molecule has 0 saturated carbocycles. The second kappa shape index (κ2) is 8.85. The van der Waals surface area contributed by atoms with Crippen LogP contribution in [0.1, 0.15) is 50.9 Å². The number of ether oxygens (including phenoxy) is 2. The van der Waals surface area contributed by atoms with Crippen molar-refractivity contribution >= 4 is 23.5 Å². The number of carbonyl (C=O) groups is 3. The van der Waals surface area contributed by atoms with Gasteiger partial charge in [-0.3, -0.25) is 9.59 Å². The summed E-state index contributed by atoms with van der Waals surface area (Å²) in [6.07, 6.45) is 2.46. The summed E-state index contributed by atoms with van der Waals surface area (Å²) in [6, 6.07) is 3.49. The predicted molar refractivity (Wildman–Crippen MR) is 105 cm³/mol. The lowest BCUT2D eigenvalue weighted by atomic mass is 10.1. The molecule has 0 fully saturated rings. The molecule has 0 aliphatic rings. The van der Waals surface area contributed by atoms with E-state index < -0.39 is 12.6 Å². The highest BCUT2D eigenvalue weighted by Crippen LogP contribution is 2.17. The first-order valence-corrected chi connectivity index (χ1v) is 9.44. The van der Waals surface area contributed by atoms with Crippen molar-refractivity contribution in [3.8, 4) is 0 Å². The number of aromatic nitrogens is 5. The first kappa shape index (κ1) is 21.2. The average molecular weight is 413 g/mol. The number of carbonyl (C=O) groups excluding carboxylic acids is 3. The van der Waals surface area contributed by atoms with E-state index >= 15 is 0 Å². The fourth-order valence-corrected chi connectivity index (χ4v) is 3.18. The highest BCUT2D eigenvalue weighted by Gasteiger charge is 2.20. The zero-order valence-corrected chi connectivity index (χ0v) is 17.3. The molecule has 0 unspecified atom stereocenters. The van der Waals surface area contributed by atoms with E-state index in [1.165, 1.54) is 11.6 Å². The van der Waals surface area contributed by atoms with Crippen LogP contribution in [0.25, 0.3) is 5.78 Å². The summed E-state index contributed by atoms with van der Waals surface area (Å²) in [5.74, 6) is -1.26. The summed E-state index contributed by atoms with van der Waals surface area (Å²) in [5, 5.41) is 4.07. The van der Waals surface area contributed by atoms with Gasteiger partial charge in [0.25, 0.3) is 11.6 Å². The first-order chi connectivity index (χ1) is 14.3. The number of fused-ring (bicyclic) bond motifs is 1. The van der Waals surface area contributed by atoms with Gasteiger partial charge in [-0.05, 0) is 39.3 Å². The maximum atomic E-state index is 12.6. The quantitative estimate of drug-likeness (QED) is 0.406. The Labute approximate surface area is 172 Å². The van der Waals surface area contributed by atoms with Gasteiger partial charge in [-0.15, -0.1) is 5.10 Å². The van der Waals surface area contributed by atoms with Gasteiger partial charge in [0, 0.05) is 41.8 Å². The standard InChI is InChI=1S/C20H23N5O5/c1-12-7-8-21-20-22-18(23-25(12)20)19(28)30-11-16(26)15-10-13(2)24(14(15)3)9-5-6-17(27)29-4/h7-8,10H,5-6,9,11H2,1-4H3. The van der Waals surface area contributed by atoms with Crippen molar-refractivity contribution in [2.75, 3.05) is 13.7 Å². The minimum atomic E-state index is -0.792. The maximum Gasteiger partial charge on any atom is 0.378 e. The van der Waals surface area contributed by atoms with Crippen molar-refractivity contribution in [2.45, 2.75) is 40.2 Å². The average Bonchev–Trinajstić information content (AvgIpc) is 3.29. The van der Waals surface area contributed by atoms with Gasteiger partial charge in [0.05, 0.1) is 7.11 Å².